The molecule has 0 bridgehead atoms. The molecular formula is C16H18O6. The molecule has 6 heteroatoms. The first-order valence-corrected chi connectivity index (χ1v) is 7.06. The van der Waals surface area contributed by atoms with Crippen LogP contribution in [0, 0.1) is 0 Å². The van der Waals surface area contributed by atoms with Crippen molar-refractivity contribution in [3.8, 4) is 5.75 Å². The highest BCUT2D eigenvalue weighted by Crippen LogP contribution is 2.26. The van der Waals surface area contributed by atoms with Gasteiger partial charge in [-0.3, -0.25) is 0 Å². The lowest BCUT2D eigenvalue weighted by molar-refractivity contribution is -0.277. The van der Waals surface area contributed by atoms with E-state index in [1.54, 1.807) is 12.1 Å². The minimum atomic E-state index is -1.45. The molecule has 0 aromatic heterocycles. The van der Waals surface area contributed by atoms with Crippen molar-refractivity contribution in [1.82, 2.24) is 0 Å². The van der Waals surface area contributed by atoms with E-state index in [2.05, 4.69) is 0 Å². The molecule has 22 heavy (non-hydrogen) atoms. The Morgan fingerprint density at radius 1 is 0.909 bits per heavy atom. The monoisotopic (exact) mass is 306 g/mol. The Hall–Kier alpha value is -1.70. The Morgan fingerprint density at radius 2 is 1.64 bits per heavy atom. The number of rotatable bonds is 3. The summed E-state index contributed by atoms with van der Waals surface area (Å²) in [5, 5.41) is 40.6. The van der Waals surface area contributed by atoms with Gasteiger partial charge in [-0.05, 0) is 22.9 Å². The van der Waals surface area contributed by atoms with Crippen LogP contribution < -0.4 is 4.74 Å². The minimum Gasteiger partial charge on any atom is -0.462 e. The van der Waals surface area contributed by atoms with E-state index in [4.69, 9.17) is 14.6 Å². The number of benzene rings is 2. The molecule has 1 fully saturated rings. The second-order valence-corrected chi connectivity index (χ2v) is 5.32. The predicted molar refractivity (Wildman–Crippen MR) is 78.3 cm³/mol. The largest absolute Gasteiger partial charge is 0.462 e. The van der Waals surface area contributed by atoms with E-state index >= 15 is 0 Å². The smallest absolute Gasteiger partial charge is 0.229 e. The first-order chi connectivity index (χ1) is 10.6. The summed E-state index contributed by atoms with van der Waals surface area (Å²) in [6.45, 7) is -0.484. The van der Waals surface area contributed by atoms with Crippen LogP contribution >= 0.6 is 0 Å². The van der Waals surface area contributed by atoms with Gasteiger partial charge in [-0.1, -0.05) is 30.3 Å². The molecule has 1 aliphatic heterocycles. The number of aliphatic hydroxyl groups excluding tert-OH is 4. The molecule has 0 saturated carbocycles. The van der Waals surface area contributed by atoms with Crippen LogP contribution in [-0.2, 0) is 4.74 Å². The predicted octanol–water partition coefficient (Wildman–Crippen LogP) is 0.0185. The third kappa shape index (κ3) is 2.79. The molecule has 118 valence electrons. The molecular weight excluding hydrogens is 288 g/mol. The lowest BCUT2D eigenvalue weighted by Crippen LogP contribution is -2.60. The van der Waals surface area contributed by atoms with Crippen molar-refractivity contribution in [2.24, 2.45) is 0 Å². The van der Waals surface area contributed by atoms with Crippen molar-refractivity contribution in [3.63, 3.8) is 0 Å². The molecule has 5 atom stereocenters. The number of aliphatic hydroxyl groups is 4. The van der Waals surface area contributed by atoms with Crippen molar-refractivity contribution in [2.45, 2.75) is 30.7 Å². The number of hydrogen-bond acceptors (Lipinski definition) is 6. The van der Waals surface area contributed by atoms with Crippen molar-refractivity contribution in [3.05, 3.63) is 42.5 Å². The van der Waals surface area contributed by atoms with E-state index in [-0.39, 0.29) is 0 Å². The van der Waals surface area contributed by atoms with Crippen molar-refractivity contribution in [1.29, 1.82) is 0 Å². The van der Waals surface area contributed by atoms with Crippen LogP contribution in [0.5, 0.6) is 5.75 Å². The molecule has 1 heterocycles. The minimum absolute atomic E-state index is 0.461. The van der Waals surface area contributed by atoms with Gasteiger partial charge < -0.3 is 29.9 Å². The fourth-order valence-electron chi connectivity index (χ4n) is 2.54. The zero-order valence-electron chi connectivity index (χ0n) is 11.7. The van der Waals surface area contributed by atoms with E-state index in [0.29, 0.717) is 5.75 Å². The number of hydrogen-bond donors (Lipinski definition) is 4. The van der Waals surface area contributed by atoms with Gasteiger partial charge in [0.2, 0.25) is 6.29 Å². The van der Waals surface area contributed by atoms with E-state index in [9.17, 15) is 15.3 Å². The molecule has 0 amide bonds. The summed E-state index contributed by atoms with van der Waals surface area (Å²) in [6.07, 6.45) is -6.40. The first-order valence-electron chi connectivity index (χ1n) is 7.06. The van der Waals surface area contributed by atoms with Crippen LogP contribution in [0.4, 0.5) is 0 Å². The summed E-state index contributed by atoms with van der Waals surface area (Å²) < 4.78 is 10.9. The zero-order valence-corrected chi connectivity index (χ0v) is 11.7. The van der Waals surface area contributed by atoms with E-state index in [1.165, 1.54) is 0 Å². The van der Waals surface area contributed by atoms with Gasteiger partial charge in [0.15, 0.2) is 0 Å². The van der Waals surface area contributed by atoms with Gasteiger partial charge in [-0.25, -0.2) is 0 Å². The molecule has 6 nitrogen and oxygen atoms in total. The van der Waals surface area contributed by atoms with Crippen LogP contribution in [0.25, 0.3) is 10.8 Å². The lowest BCUT2D eigenvalue weighted by atomic mass is 9.99. The third-order valence-electron chi connectivity index (χ3n) is 3.82. The second kappa shape index (κ2) is 6.20. The Kier molecular flexibility index (Phi) is 4.28. The van der Waals surface area contributed by atoms with Crippen molar-refractivity contribution < 1.29 is 29.9 Å². The SMILES string of the molecule is OCC1OC(Oc2ccc3ccccc3c2)C(O)C(O)C1O. The maximum absolute atomic E-state index is 9.95. The normalized spacial score (nSPS) is 32.1. The van der Waals surface area contributed by atoms with E-state index in [0.717, 1.165) is 10.8 Å². The molecule has 0 radical (unpaired) electrons. The highest BCUT2D eigenvalue weighted by Gasteiger charge is 2.44. The van der Waals surface area contributed by atoms with Crippen LogP contribution in [0.15, 0.2) is 42.5 Å². The zero-order chi connectivity index (χ0) is 15.7. The molecule has 5 unspecified atom stereocenters. The van der Waals surface area contributed by atoms with Gasteiger partial charge in [0.05, 0.1) is 6.61 Å². The molecule has 2 aromatic carbocycles. The highest BCUT2D eigenvalue weighted by molar-refractivity contribution is 5.83. The summed E-state index contributed by atoms with van der Waals surface area (Å²) in [7, 11) is 0. The summed E-state index contributed by atoms with van der Waals surface area (Å²) in [5.41, 5.74) is 0. The standard InChI is InChI=1S/C16H18O6/c17-8-12-13(18)14(19)15(20)16(22-12)21-11-6-5-9-3-1-2-4-10(9)7-11/h1-7,12-20H,8H2. The maximum atomic E-state index is 9.95. The highest BCUT2D eigenvalue weighted by atomic mass is 16.7. The summed E-state index contributed by atoms with van der Waals surface area (Å²) in [6, 6.07) is 13.1. The molecule has 3 rings (SSSR count). The van der Waals surface area contributed by atoms with Gasteiger partial charge in [0, 0.05) is 0 Å². The van der Waals surface area contributed by atoms with Gasteiger partial charge >= 0.3 is 0 Å². The van der Waals surface area contributed by atoms with Gasteiger partial charge in [0.1, 0.15) is 30.2 Å². The van der Waals surface area contributed by atoms with Crippen molar-refractivity contribution >= 4 is 10.8 Å². The van der Waals surface area contributed by atoms with Crippen LogP contribution in [0.1, 0.15) is 0 Å². The average molecular weight is 306 g/mol. The van der Waals surface area contributed by atoms with E-state index in [1.807, 2.05) is 30.3 Å². The fraction of sp³-hybridized carbons (Fsp3) is 0.375. The molecule has 0 spiro atoms. The molecule has 0 aliphatic carbocycles. The maximum Gasteiger partial charge on any atom is 0.229 e. The quantitative estimate of drug-likeness (QED) is 0.638. The molecule has 2 aromatic rings. The Morgan fingerprint density at radius 3 is 2.36 bits per heavy atom. The third-order valence-corrected chi connectivity index (χ3v) is 3.82. The van der Waals surface area contributed by atoms with Crippen LogP contribution in [0.2, 0.25) is 0 Å². The van der Waals surface area contributed by atoms with E-state index < -0.39 is 37.3 Å². The fourth-order valence-corrected chi connectivity index (χ4v) is 2.54. The van der Waals surface area contributed by atoms with Crippen molar-refractivity contribution in [2.75, 3.05) is 6.61 Å². The second-order valence-electron chi connectivity index (χ2n) is 5.32. The van der Waals surface area contributed by atoms with Gasteiger partial charge in [-0.2, -0.15) is 0 Å². The summed E-state index contributed by atoms with van der Waals surface area (Å²) in [4.78, 5) is 0. The Bertz CT molecular complexity index is 643. The summed E-state index contributed by atoms with van der Waals surface area (Å²) >= 11 is 0. The topological polar surface area (TPSA) is 99.4 Å². The average Bonchev–Trinajstić information content (AvgIpc) is 2.55. The van der Waals surface area contributed by atoms with Crippen LogP contribution in [0.3, 0.4) is 0 Å². The Labute approximate surface area is 127 Å². The van der Waals surface area contributed by atoms with Crippen LogP contribution in [-0.4, -0.2) is 57.7 Å². The molecule has 1 aliphatic rings. The summed E-state index contributed by atoms with van der Waals surface area (Å²) in [5.74, 6) is 0.461. The first kappa shape index (κ1) is 15.2. The molecule has 1 saturated heterocycles. The number of fused-ring (bicyclic) bond motifs is 1. The van der Waals surface area contributed by atoms with Gasteiger partial charge in [0.25, 0.3) is 0 Å². The molecule has 4 N–H and O–H groups in total. The van der Waals surface area contributed by atoms with Gasteiger partial charge in [-0.15, -0.1) is 0 Å². The Balaban J connectivity index is 1.80. The number of ether oxygens (including phenoxy) is 2. The lowest BCUT2D eigenvalue weighted by Gasteiger charge is -2.39.